The first-order valence-electron chi connectivity index (χ1n) is 7.28. The zero-order chi connectivity index (χ0) is 16.4. The number of methoxy groups -OCH3 is 1. The second kappa shape index (κ2) is 6.21. The number of aromatic nitrogens is 5. The first-order valence-corrected chi connectivity index (χ1v) is 8.10. The van der Waals surface area contributed by atoms with E-state index in [0.29, 0.717) is 5.82 Å². The number of benzene rings is 1. The normalized spacial score (nSPS) is 11.4. The third-order valence-corrected chi connectivity index (χ3v) is 4.34. The van der Waals surface area contributed by atoms with Gasteiger partial charge in [-0.1, -0.05) is 29.5 Å². The molecule has 0 fully saturated rings. The van der Waals surface area contributed by atoms with Crippen molar-refractivity contribution in [3.8, 4) is 17.1 Å². The molecule has 0 saturated heterocycles. The Morgan fingerprint density at radius 2 is 1.79 bits per heavy atom. The molecular formula is C17H13N5OS. The third kappa shape index (κ3) is 2.77. The Balaban J connectivity index is 1.63. The molecule has 0 radical (unpaired) electrons. The van der Waals surface area contributed by atoms with Crippen LogP contribution in [-0.2, 0) is 0 Å². The van der Waals surface area contributed by atoms with Crippen molar-refractivity contribution >= 4 is 28.4 Å². The molecular weight excluding hydrogens is 322 g/mol. The van der Waals surface area contributed by atoms with Gasteiger partial charge in [-0.3, -0.25) is 4.98 Å². The lowest BCUT2D eigenvalue weighted by molar-refractivity contribution is 0.415. The topological polar surface area (TPSA) is 65.2 Å². The number of pyridine rings is 1. The summed E-state index contributed by atoms with van der Waals surface area (Å²) in [6, 6.07) is 11.6. The quantitative estimate of drug-likeness (QED) is 0.572. The summed E-state index contributed by atoms with van der Waals surface area (Å²) in [5.74, 6) is 1.56. The average Bonchev–Trinajstić information content (AvgIpc) is 3.21. The van der Waals surface area contributed by atoms with E-state index in [1.165, 1.54) is 11.3 Å². The molecule has 1 aromatic carbocycles. The minimum absolute atomic E-state index is 0.716. The van der Waals surface area contributed by atoms with Gasteiger partial charge in [-0.2, -0.15) is 9.61 Å². The van der Waals surface area contributed by atoms with Crippen LogP contribution in [0.15, 0.2) is 48.8 Å². The number of nitrogens with zero attached hydrogens (tertiary/aromatic N) is 5. The molecule has 118 valence electrons. The van der Waals surface area contributed by atoms with Gasteiger partial charge >= 0.3 is 0 Å². The Kier molecular flexibility index (Phi) is 3.76. The van der Waals surface area contributed by atoms with E-state index in [9.17, 15) is 0 Å². The lowest BCUT2D eigenvalue weighted by Crippen LogP contribution is -1.90. The molecule has 0 aliphatic rings. The molecule has 0 unspecified atom stereocenters. The Hall–Kier alpha value is -3.06. The summed E-state index contributed by atoms with van der Waals surface area (Å²) in [6.45, 7) is 0. The Labute approximate surface area is 142 Å². The molecule has 0 spiro atoms. The van der Waals surface area contributed by atoms with Gasteiger partial charge < -0.3 is 4.74 Å². The molecule has 7 heteroatoms. The summed E-state index contributed by atoms with van der Waals surface area (Å²) in [7, 11) is 1.66. The van der Waals surface area contributed by atoms with E-state index in [1.54, 1.807) is 24.0 Å². The molecule has 3 heterocycles. The summed E-state index contributed by atoms with van der Waals surface area (Å²) in [4.78, 5) is 4.78. The highest BCUT2D eigenvalue weighted by Crippen LogP contribution is 2.22. The Morgan fingerprint density at radius 1 is 1.00 bits per heavy atom. The molecule has 0 atom stereocenters. The van der Waals surface area contributed by atoms with Crippen LogP contribution in [-0.4, -0.2) is 31.9 Å². The Bertz CT molecular complexity index is 989. The van der Waals surface area contributed by atoms with Gasteiger partial charge in [0.25, 0.3) is 0 Å². The maximum atomic E-state index is 5.16. The van der Waals surface area contributed by atoms with Gasteiger partial charge in [-0.25, -0.2) is 0 Å². The molecule has 6 nitrogen and oxygen atoms in total. The molecule has 0 aliphatic carbocycles. The van der Waals surface area contributed by atoms with E-state index in [1.807, 2.05) is 48.6 Å². The zero-order valence-electron chi connectivity index (χ0n) is 12.8. The number of fused-ring (bicyclic) bond motifs is 1. The standard InChI is InChI=1S/C17H13N5OS/c1-23-14-5-2-12(3-6-14)4-7-15-21-22-16(19-20-17(22)24-15)13-8-10-18-11-9-13/h2-11H,1H3/b7-4+. The van der Waals surface area contributed by atoms with Crippen molar-refractivity contribution in [3.63, 3.8) is 0 Å². The smallest absolute Gasteiger partial charge is 0.235 e. The zero-order valence-corrected chi connectivity index (χ0v) is 13.6. The van der Waals surface area contributed by atoms with E-state index in [0.717, 1.165) is 26.8 Å². The molecule has 0 amide bonds. The maximum Gasteiger partial charge on any atom is 0.235 e. The molecule has 24 heavy (non-hydrogen) atoms. The van der Waals surface area contributed by atoms with Gasteiger partial charge in [0, 0.05) is 18.0 Å². The largest absolute Gasteiger partial charge is 0.497 e. The molecule has 4 rings (SSSR count). The fourth-order valence-corrected chi connectivity index (χ4v) is 3.00. The molecule has 0 aliphatic heterocycles. The summed E-state index contributed by atoms with van der Waals surface area (Å²) in [5.41, 5.74) is 2.02. The highest BCUT2D eigenvalue weighted by atomic mass is 32.1. The average molecular weight is 335 g/mol. The van der Waals surface area contributed by atoms with Crippen molar-refractivity contribution < 1.29 is 4.74 Å². The van der Waals surface area contributed by atoms with Crippen LogP contribution in [0.25, 0.3) is 28.5 Å². The van der Waals surface area contributed by atoms with Gasteiger partial charge in [0.1, 0.15) is 10.8 Å². The number of hydrogen-bond acceptors (Lipinski definition) is 6. The van der Waals surface area contributed by atoms with E-state index in [4.69, 9.17) is 4.74 Å². The van der Waals surface area contributed by atoms with Crippen LogP contribution in [0.4, 0.5) is 0 Å². The van der Waals surface area contributed by atoms with Gasteiger partial charge in [0.05, 0.1) is 7.11 Å². The van der Waals surface area contributed by atoms with Crippen LogP contribution < -0.4 is 4.74 Å². The summed E-state index contributed by atoms with van der Waals surface area (Å²) in [5, 5.41) is 13.8. The first kappa shape index (κ1) is 14.5. The number of rotatable bonds is 4. The van der Waals surface area contributed by atoms with Crippen molar-refractivity contribution in [2.24, 2.45) is 0 Å². The summed E-state index contributed by atoms with van der Waals surface area (Å²) >= 11 is 1.49. The van der Waals surface area contributed by atoms with Crippen LogP contribution in [0.2, 0.25) is 0 Å². The fourth-order valence-electron chi connectivity index (χ4n) is 2.26. The van der Waals surface area contributed by atoms with Gasteiger partial charge in [0.2, 0.25) is 4.96 Å². The lowest BCUT2D eigenvalue weighted by atomic mass is 10.2. The molecule has 0 N–H and O–H groups in total. The van der Waals surface area contributed by atoms with Crippen molar-refractivity contribution in [1.29, 1.82) is 0 Å². The number of hydrogen-bond donors (Lipinski definition) is 0. The fraction of sp³-hybridized carbons (Fsp3) is 0.0588. The van der Waals surface area contributed by atoms with Crippen LogP contribution in [0.1, 0.15) is 10.6 Å². The molecule has 0 bridgehead atoms. The summed E-state index contributed by atoms with van der Waals surface area (Å²) < 4.78 is 6.92. The molecule has 4 aromatic rings. The van der Waals surface area contributed by atoms with Crippen LogP contribution in [0, 0.1) is 0 Å². The molecule has 0 saturated carbocycles. The predicted molar refractivity (Wildman–Crippen MR) is 93.8 cm³/mol. The van der Waals surface area contributed by atoms with Crippen molar-refractivity contribution in [2.75, 3.05) is 7.11 Å². The van der Waals surface area contributed by atoms with Gasteiger partial charge in [-0.05, 0) is 35.9 Å². The Morgan fingerprint density at radius 3 is 2.54 bits per heavy atom. The second-order valence-corrected chi connectivity index (χ2v) is 5.99. The van der Waals surface area contributed by atoms with E-state index in [2.05, 4.69) is 20.3 Å². The maximum absolute atomic E-state index is 5.16. The van der Waals surface area contributed by atoms with Crippen molar-refractivity contribution in [2.45, 2.75) is 0 Å². The highest BCUT2D eigenvalue weighted by Gasteiger charge is 2.11. The minimum Gasteiger partial charge on any atom is -0.497 e. The predicted octanol–water partition coefficient (Wildman–Crippen LogP) is 3.43. The monoisotopic (exact) mass is 335 g/mol. The number of ether oxygens (including phenoxy) is 1. The van der Waals surface area contributed by atoms with Crippen LogP contribution in [0.5, 0.6) is 5.75 Å². The summed E-state index contributed by atoms with van der Waals surface area (Å²) in [6.07, 6.45) is 7.44. The second-order valence-electron chi connectivity index (χ2n) is 5.00. The van der Waals surface area contributed by atoms with E-state index in [-0.39, 0.29) is 0 Å². The third-order valence-electron chi connectivity index (χ3n) is 3.48. The highest BCUT2D eigenvalue weighted by molar-refractivity contribution is 7.17. The van der Waals surface area contributed by atoms with Crippen molar-refractivity contribution in [1.82, 2.24) is 24.8 Å². The SMILES string of the molecule is COc1ccc(/C=C/c2nn3c(-c4ccncc4)nnc3s2)cc1. The minimum atomic E-state index is 0.716. The van der Waals surface area contributed by atoms with Crippen LogP contribution in [0.3, 0.4) is 0 Å². The van der Waals surface area contributed by atoms with E-state index < -0.39 is 0 Å². The van der Waals surface area contributed by atoms with Crippen molar-refractivity contribution in [3.05, 3.63) is 59.4 Å². The van der Waals surface area contributed by atoms with E-state index >= 15 is 0 Å². The molecule has 3 aromatic heterocycles. The van der Waals surface area contributed by atoms with Crippen LogP contribution >= 0.6 is 11.3 Å². The van der Waals surface area contributed by atoms with Gasteiger partial charge in [-0.15, -0.1) is 10.2 Å². The van der Waals surface area contributed by atoms with Gasteiger partial charge in [0.15, 0.2) is 5.82 Å². The first-order chi connectivity index (χ1) is 11.8. The lowest BCUT2D eigenvalue weighted by Gasteiger charge is -1.98.